The summed E-state index contributed by atoms with van der Waals surface area (Å²) in [6.45, 7) is -0.210. The Kier molecular flexibility index (Phi) is 8.71. The Hall–Kier alpha value is -3.93. The largest absolute Gasteiger partial charge is 1.00 e. The van der Waals surface area contributed by atoms with E-state index in [0.29, 0.717) is 10.9 Å². The summed E-state index contributed by atoms with van der Waals surface area (Å²) in [6, 6.07) is 16.0. The fourth-order valence-corrected chi connectivity index (χ4v) is 4.85. The number of esters is 1. The van der Waals surface area contributed by atoms with Crippen molar-refractivity contribution in [3.05, 3.63) is 105 Å². The molecule has 1 unspecified atom stereocenters. The normalized spacial score (nSPS) is 16.6. The van der Waals surface area contributed by atoms with Crippen LogP contribution in [0.25, 0.3) is 22.0 Å². The van der Waals surface area contributed by atoms with Crippen LogP contribution in [0.15, 0.2) is 77.6 Å². The van der Waals surface area contributed by atoms with Crippen molar-refractivity contribution in [2.75, 3.05) is 6.61 Å². The van der Waals surface area contributed by atoms with Crippen LogP contribution in [0.5, 0.6) is 0 Å². The molecule has 4 aromatic rings. The fraction of sp³-hybridized carbons (Fsp3) is 0.172. The average Bonchev–Trinajstić information content (AvgIpc) is 3.31. The molecule has 12 heteroatoms. The molecule has 1 amide bonds. The number of amides is 1. The molecular formula is C29H20F3N2NaO6. The molecule has 204 valence electrons. The summed E-state index contributed by atoms with van der Waals surface area (Å²) in [4.78, 5) is 51.8. The number of H-pyrrole nitrogens is 1. The number of carboxylic acid groups (broad SMARTS) is 1. The van der Waals surface area contributed by atoms with Crippen molar-refractivity contribution in [3.8, 4) is 11.3 Å². The van der Waals surface area contributed by atoms with Crippen LogP contribution in [0.1, 0.15) is 44.2 Å². The van der Waals surface area contributed by atoms with Crippen molar-refractivity contribution in [2.24, 2.45) is 0 Å². The quantitative estimate of drug-likeness (QED) is 0.255. The summed E-state index contributed by atoms with van der Waals surface area (Å²) >= 11 is 0. The number of rotatable bonds is 6. The molecule has 5 rings (SSSR count). The number of aromatic amines is 1. The van der Waals surface area contributed by atoms with Crippen molar-refractivity contribution >= 4 is 28.6 Å². The molecule has 1 aliphatic heterocycles. The number of nitrogens with one attached hydrogen (secondary N) is 2. The van der Waals surface area contributed by atoms with E-state index in [0.717, 1.165) is 6.07 Å². The number of aromatic carboxylic acids is 1. The third kappa shape index (κ3) is 6.22. The second-order valence-electron chi connectivity index (χ2n) is 9.33. The van der Waals surface area contributed by atoms with Gasteiger partial charge < -0.3 is 24.9 Å². The Morgan fingerprint density at radius 1 is 0.951 bits per heavy atom. The third-order valence-electron chi connectivity index (χ3n) is 6.76. The number of fused-ring (bicyclic) bond motifs is 1. The molecule has 1 aliphatic rings. The van der Waals surface area contributed by atoms with Crippen molar-refractivity contribution < 1.29 is 67.0 Å². The van der Waals surface area contributed by atoms with Gasteiger partial charge in [0.1, 0.15) is 6.61 Å². The van der Waals surface area contributed by atoms with Crippen LogP contribution in [-0.2, 0) is 15.7 Å². The Balaban J connectivity index is 0.00000387. The number of halogens is 3. The molecule has 8 nitrogen and oxygen atoms in total. The first-order valence-corrected chi connectivity index (χ1v) is 12.1. The zero-order chi connectivity index (χ0) is 28.6. The van der Waals surface area contributed by atoms with Gasteiger partial charge in [0.15, 0.2) is 0 Å². The first-order chi connectivity index (χ1) is 19.0. The maximum atomic E-state index is 13.5. The number of benzene rings is 3. The van der Waals surface area contributed by atoms with Gasteiger partial charge in [-0.3, -0.25) is 9.59 Å². The van der Waals surface area contributed by atoms with E-state index in [1.165, 1.54) is 54.6 Å². The van der Waals surface area contributed by atoms with Crippen LogP contribution in [0, 0.1) is 0 Å². The van der Waals surface area contributed by atoms with Crippen molar-refractivity contribution in [1.82, 2.24) is 10.3 Å². The summed E-state index contributed by atoms with van der Waals surface area (Å²) in [6.07, 6.45) is -4.38. The van der Waals surface area contributed by atoms with Gasteiger partial charge in [0.25, 0.3) is 5.56 Å². The Labute approximate surface area is 252 Å². The maximum Gasteiger partial charge on any atom is 1.00 e. The van der Waals surface area contributed by atoms with Crippen molar-refractivity contribution in [2.45, 2.75) is 24.6 Å². The van der Waals surface area contributed by atoms with Crippen molar-refractivity contribution in [1.29, 1.82) is 0 Å². The van der Waals surface area contributed by atoms with E-state index in [9.17, 15) is 37.5 Å². The molecule has 2 atom stereocenters. The molecule has 2 N–H and O–H groups in total. The number of alkyl halides is 3. The minimum absolute atomic E-state index is 0. The number of carbonyl (C=O) groups excluding carboxylic acids is 3. The topological polar surface area (TPSA) is 128 Å². The van der Waals surface area contributed by atoms with Gasteiger partial charge in [0.2, 0.25) is 5.91 Å². The van der Waals surface area contributed by atoms with E-state index < -0.39 is 41.2 Å². The summed E-state index contributed by atoms with van der Waals surface area (Å²) in [7, 11) is 0. The molecule has 0 aliphatic carbocycles. The molecule has 0 radical (unpaired) electrons. The molecule has 1 fully saturated rings. The van der Waals surface area contributed by atoms with Gasteiger partial charge >= 0.3 is 41.7 Å². The fourth-order valence-electron chi connectivity index (χ4n) is 4.85. The predicted molar refractivity (Wildman–Crippen MR) is 135 cm³/mol. The minimum atomic E-state index is -4.61. The second kappa shape index (κ2) is 11.9. The van der Waals surface area contributed by atoms with Gasteiger partial charge in [0, 0.05) is 22.2 Å². The van der Waals surface area contributed by atoms with Crippen LogP contribution in [0.3, 0.4) is 0 Å². The van der Waals surface area contributed by atoms with E-state index in [2.05, 4.69) is 10.3 Å². The maximum absolute atomic E-state index is 13.5. The average molecular weight is 572 g/mol. The molecule has 0 saturated carbocycles. The predicted octanol–water partition coefficient (Wildman–Crippen LogP) is 0.410. The number of pyridine rings is 1. The van der Waals surface area contributed by atoms with E-state index in [4.69, 9.17) is 4.74 Å². The summed E-state index contributed by atoms with van der Waals surface area (Å²) < 4.78 is 45.7. The van der Waals surface area contributed by atoms with Gasteiger partial charge in [-0.1, -0.05) is 48.5 Å². The summed E-state index contributed by atoms with van der Waals surface area (Å²) in [5.74, 6) is -3.43. The number of carbonyl (C=O) groups is 3. The molecular weight excluding hydrogens is 552 g/mol. The molecule has 1 aromatic heterocycles. The van der Waals surface area contributed by atoms with E-state index in [1.807, 2.05) is 0 Å². The third-order valence-corrected chi connectivity index (χ3v) is 6.76. The SMILES string of the molecule is O=C([O-])c1ccccc1C(=O)OCC1C[C@H](c2ccc3cc(-c4ccccc4C(F)(F)F)[nH]c(=O)c3c2)C(=O)N1.[Na+]. The first-order valence-electron chi connectivity index (χ1n) is 12.1. The minimum Gasteiger partial charge on any atom is -0.545 e. The number of ether oxygens (including phenoxy) is 1. The smallest absolute Gasteiger partial charge is 0.545 e. The van der Waals surface area contributed by atoms with Crippen LogP contribution in [-0.4, -0.2) is 35.5 Å². The molecule has 2 heterocycles. The Morgan fingerprint density at radius 3 is 2.34 bits per heavy atom. The standard InChI is InChI=1S/C29H21F3N2O6.Na/c30-29(31,32)23-8-4-3-7-20(23)24-12-16-10-9-15(11-21(16)26(36)34-24)22-13-17(33-25(22)35)14-40-28(39)19-6-2-1-5-18(19)27(37)38;/h1-12,17,22H,13-14H2,(H,33,35)(H,34,36)(H,37,38);/q;+1/p-1/t17?,22-;/m1./s1. The molecule has 1 saturated heterocycles. The number of hydrogen-bond donors (Lipinski definition) is 2. The van der Waals surface area contributed by atoms with Gasteiger partial charge in [-0.25, -0.2) is 4.79 Å². The Bertz CT molecular complexity index is 1720. The van der Waals surface area contributed by atoms with Crippen molar-refractivity contribution in [3.63, 3.8) is 0 Å². The molecule has 0 bridgehead atoms. The van der Waals surface area contributed by atoms with E-state index in [1.54, 1.807) is 12.1 Å². The van der Waals surface area contributed by atoms with Gasteiger partial charge in [-0.2, -0.15) is 13.2 Å². The molecule has 0 spiro atoms. The van der Waals surface area contributed by atoms with Crippen LogP contribution < -0.4 is 45.5 Å². The summed E-state index contributed by atoms with van der Waals surface area (Å²) in [5.41, 5.74) is -1.61. The molecule has 41 heavy (non-hydrogen) atoms. The van der Waals surface area contributed by atoms with Gasteiger partial charge in [-0.15, -0.1) is 0 Å². The van der Waals surface area contributed by atoms with Gasteiger partial charge in [0.05, 0.1) is 29.1 Å². The molecule has 3 aromatic carbocycles. The summed E-state index contributed by atoms with van der Waals surface area (Å²) in [5, 5.41) is 14.6. The van der Waals surface area contributed by atoms with Crippen LogP contribution in [0.4, 0.5) is 13.2 Å². The zero-order valence-corrected chi connectivity index (χ0v) is 23.6. The number of aromatic nitrogens is 1. The zero-order valence-electron chi connectivity index (χ0n) is 21.6. The van der Waals surface area contributed by atoms with Gasteiger partial charge in [-0.05, 0) is 41.6 Å². The number of hydrogen-bond acceptors (Lipinski definition) is 6. The number of carboxylic acids is 1. The van der Waals surface area contributed by atoms with E-state index in [-0.39, 0.29) is 76.3 Å². The first kappa shape index (κ1) is 30.0. The van der Waals surface area contributed by atoms with E-state index >= 15 is 0 Å². The Morgan fingerprint density at radius 2 is 1.63 bits per heavy atom. The van der Waals surface area contributed by atoms with Crippen LogP contribution >= 0.6 is 0 Å². The van der Waals surface area contributed by atoms with Crippen LogP contribution in [0.2, 0.25) is 0 Å². The second-order valence-corrected chi connectivity index (χ2v) is 9.33. The monoisotopic (exact) mass is 572 g/mol.